The number of halogens is 4. The van der Waals surface area contributed by atoms with Crippen molar-refractivity contribution in [3.63, 3.8) is 0 Å². The molecule has 1 atom stereocenters. The lowest BCUT2D eigenvalue weighted by atomic mass is 10.3. The summed E-state index contributed by atoms with van der Waals surface area (Å²) in [6, 6.07) is 0. The Morgan fingerprint density at radius 2 is 2.05 bits per heavy atom. The van der Waals surface area contributed by atoms with E-state index in [0.29, 0.717) is 0 Å². The van der Waals surface area contributed by atoms with Crippen molar-refractivity contribution in [3.8, 4) is 0 Å². The van der Waals surface area contributed by atoms with Crippen LogP contribution in [0.1, 0.15) is 6.92 Å². The number of sulfone groups is 1. The number of rotatable bonds is 8. The summed E-state index contributed by atoms with van der Waals surface area (Å²) >= 11 is 0. The van der Waals surface area contributed by atoms with Gasteiger partial charge < -0.3 is 10.1 Å². The molecular weight excluding hydrogens is 350 g/mol. The number of hydrogen-bond donors (Lipinski definition) is 1. The number of allylic oxidation sites excluding steroid dienone is 2. The molecule has 0 saturated carbocycles. The van der Waals surface area contributed by atoms with Crippen LogP contribution in [0.2, 0.25) is 0 Å². The van der Waals surface area contributed by atoms with Gasteiger partial charge in [-0.1, -0.05) is 6.92 Å². The van der Waals surface area contributed by atoms with Crippen molar-refractivity contribution in [2.45, 2.75) is 19.3 Å². The molecule has 1 heterocycles. The van der Waals surface area contributed by atoms with Gasteiger partial charge in [0, 0.05) is 5.75 Å². The number of nitrogens with one attached hydrogen (secondary N) is 1. The quantitative estimate of drug-likeness (QED) is 0.658. The highest BCUT2D eigenvalue weighted by molar-refractivity contribution is 8.06. The summed E-state index contributed by atoms with van der Waals surface area (Å²) in [6.45, 7) is -0.206. The third kappa shape index (κ3) is 5.59. The fourth-order valence-electron chi connectivity index (χ4n) is 1.28. The Bertz CT molecular complexity index is 587. The molecule has 1 rings (SSSR count). The molecule has 1 N–H and O–H groups in total. The molecule has 0 aliphatic carbocycles. The number of dihydropyridines is 1. The van der Waals surface area contributed by atoms with Gasteiger partial charge in [0.2, 0.25) is 0 Å². The van der Waals surface area contributed by atoms with E-state index in [9.17, 15) is 30.2 Å². The zero-order valence-electron chi connectivity index (χ0n) is 11.5. The molecule has 0 fully saturated rings. The van der Waals surface area contributed by atoms with E-state index in [-0.39, 0.29) is 23.1 Å². The van der Waals surface area contributed by atoms with Crippen molar-refractivity contribution in [2.75, 3.05) is 24.0 Å². The van der Waals surface area contributed by atoms with E-state index >= 15 is 0 Å². The SMILES string of the molecule is CCS(=O)(=O)CS(=O)C1=CC=C(OCC(F)(F)C(F)F)CN1. The molecule has 0 aromatic carbocycles. The fourth-order valence-corrected chi connectivity index (χ4v) is 4.21. The molecule has 0 saturated heterocycles. The van der Waals surface area contributed by atoms with Gasteiger partial charge >= 0.3 is 12.3 Å². The van der Waals surface area contributed by atoms with E-state index in [1.165, 1.54) is 19.1 Å². The molecule has 1 aliphatic heterocycles. The van der Waals surface area contributed by atoms with Gasteiger partial charge in [-0.15, -0.1) is 0 Å². The van der Waals surface area contributed by atoms with Crippen LogP contribution in [0, 0.1) is 0 Å². The zero-order chi connectivity index (χ0) is 17.0. The maximum Gasteiger partial charge on any atom is 0.340 e. The van der Waals surface area contributed by atoms with Crippen LogP contribution in [0.5, 0.6) is 0 Å². The number of hydrogen-bond acceptors (Lipinski definition) is 5. The molecule has 0 radical (unpaired) electrons. The summed E-state index contributed by atoms with van der Waals surface area (Å²) in [4.78, 5) is 0. The smallest absolute Gasteiger partial charge is 0.340 e. The molecule has 0 aromatic rings. The molecule has 0 bridgehead atoms. The number of alkyl halides is 4. The molecule has 0 spiro atoms. The zero-order valence-corrected chi connectivity index (χ0v) is 13.2. The minimum absolute atomic E-state index is 0.0422. The van der Waals surface area contributed by atoms with Gasteiger partial charge in [0.15, 0.2) is 16.4 Å². The van der Waals surface area contributed by atoms with Crippen LogP contribution < -0.4 is 5.32 Å². The summed E-state index contributed by atoms with van der Waals surface area (Å²) in [5, 5.41) is 2.09. The molecule has 11 heteroatoms. The predicted molar refractivity (Wildman–Crippen MR) is 73.5 cm³/mol. The van der Waals surface area contributed by atoms with E-state index in [2.05, 4.69) is 10.1 Å². The largest absolute Gasteiger partial charge is 0.490 e. The van der Waals surface area contributed by atoms with Crippen LogP contribution in [0.25, 0.3) is 0 Å². The molecule has 1 aliphatic rings. The molecule has 22 heavy (non-hydrogen) atoms. The Kier molecular flexibility index (Phi) is 6.41. The summed E-state index contributed by atoms with van der Waals surface area (Å²) < 4.78 is 88.3. The van der Waals surface area contributed by atoms with Crippen molar-refractivity contribution in [1.82, 2.24) is 5.32 Å². The maximum atomic E-state index is 12.7. The van der Waals surface area contributed by atoms with Gasteiger partial charge in [0.1, 0.15) is 15.9 Å². The first kappa shape index (κ1) is 18.9. The van der Waals surface area contributed by atoms with Crippen LogP contribution in [0.3, 0.4) is 0 Å². The van der Waals surface area contributed by atoms with Crippen molar-refractivity contribution in [3.05, 3.63) is 22.9 Å². The van der Waals surface area contributed by atoms with Crippen molar-refractivity contribution in [2.24, 2.45) is 0 Å². The second kappa shape index (κ2) is 7.44. The van der Waals surface area contributed by atoms with Gasteiger partial charge in [-0.2, -0.15) is 8.78 Å². The minimum Gasteiger partial charge on any atom is -0.490 e. The monoisotopic (exact) mass is 365 g/mol. The average Bonchev–Trinajstić information content (AvgIpc) is 2.45. The first-order chi connectivity index (χ1) is 10.1. The fraction of sp³-hybridized carbons (Fsp3) is 0.636. The van der Waals surface area contributed by atoms with E-state index in [1.807, 2.05) is 0 Å². The lowest BCUT2D eigenvalue weighted by molar-refractivity contribution is -0.158. The molecule has 128 valence electrons. The standard InChI is InChI=1S/C11H15F4NO4S2/c1-2-22(18,19)7-21(17)9-4-3-8(5-16-9)20-6-11(14,15)10(12)13/h3-4,10,16H,2,5-7H2,1H3. The first-order valence-corrected chi connectivity index (χ1v) is 9.23. The lowest BCUT2D eigenvalue weighted by Gasteiger charge is -2.20. The third-order valence-electron chi connectivity index (χ3n) is 2.60. The minimum atomic E-state index is -4.26. The van der Waals surface area contributed by atoms with Crippen LogP contribution in [-0.4, -0.2) is 49.0 Å². The Hall–Kier alpha value is -1.10. The van der Waals surface area contributed by atoms with Gasteiger partial charge in [0.25, 0.3) is 0 Å². The highest BCUT2D eigenvalue weighted by Gasteiger charge is 2.41. The van der Waals surface area contributed by atoms with Crippen LogP contribution in [0.15, 0.2) is 22.9 Å². The Morgan fingerprint density at radius 1 is 1.41 bits per heavy atom. The maximum absolute atomic E-state index is 12.7. The van der Waals surface area contributed by atoms with E-state index in [4.69, 9.17) is 0 Å². The van der Waals surface area contributed by atoms with Crippen LogP contribution in [0.4, 0.5) is 17.6 Å². The second-order valence-corrected chi connectivity index (χ2v) is 8.50. The second-order valence-electron chi connectivity index (χ2n) is 4.36. The Balaban J connectivity index is 2.63. The van der Waals surface area contributed by atoms with Gasteiger partial charge in [-0.3, -0.25) is 4.21 Å². The summed E-state index contributed by atoms with van der Waals surface area (Å²) in [5.74, 6) is -4.46. The van der Waals surface area contributed by atoms with Crippen LogP contribution in [-0.2, 0) is 25.4 Å². The molecule has 0 aromatic heterocycles. The van der Waals surface area contributed by atoms with Crippen molar-refractivity contribution in [1.29, 1.82) is 0 Å². The molecular formula is C11H15F4NO4S2. The number of ether oxygens (including phenoxy) is 1. The van der Waals surface area contributed by atoms with E-state index in [1.54, 1.807) is 0 Å². The average molecular weight is 365 g/mol. The van der Waals surface area contributed by atoms with Crippen LogP contribution >= 0.6 is 0 Å². The van der Waals surface area contributed by atoms with Crippen molar-refractivity contribution >= 4 is 20.6 Å². The Morgan fingerprint density at radius 3 is 2.50 bits per heavy atom. The molecule has 0 amide bonds. The van der Waals surface area contributed by atoms with Crippen molar-refractivity contribution < 1.29 is 34.9 Å². The van der Waals surface area contributed by atoms with Gasteiger partial charge in [0.05, 0.1) is 17.3 Å². The third-order valence-corrected chi connectivity index (χ3v) is 6.54. The topological polar surface area (TPSA) is 72.5 Å². The van der Waals surface area contributed by atoms with E-state index in [0.717, 1.165) is 0 Å². The van der Waals surface area contributed by atoms with Gasteiger partial charge in [-0.25, -0.2) is 17.2 Å². The summed E-state index contributed by atoms with van der Waals surface area (Å²) in [5.41, 5.74) is 0. The highest BCUT2D eigenvalue weighted by Crippen LogP contribution is 2.24. The Labute approximate surface area is 127 Å². The summed E-state index contributed by atoms with van der Waals surface area (Å²) in [6.07, 6.45) is -1.44. The normalized spacial score (nSPS) is 17.5. The first-order valence-electron chi connectivity index (χ1n) is 6.09. The van der Waals surface area contributed by atoms with Gasteiger partial charge in [-0.05, 0) is 12.2 Å². The lowest BCUT2D eigenvalue weighted by Crippen LogP contribution is -2.34. The van der Waals surface area contributed by atoms with E-state index < -0.39 is 44.7 Å². The highest BCUT2D eigenvalue weighted by atomic mass is 32.3. The molecule has 5 nitrogen and oxygen atoms in total. The molecule has 1 unspecified atom stereocenters. The summed E-state index contributed by atoms with van der Waals surface area (Å²) in [7, 11) is -5.26. The predicted octanol–water partition coefficient (Wildman–Crippen LogP) is 1.37.